The number of anilines is 2. The Morgan fingerprint density at radius 1 is 0.569 bits per heavy atom. The molecule has 0 radical (unpaired) electrons. The predicted molar refractivity (Wildman–Crippen MR) is 236 cm³/mol. The van der Waals surface area contributed by atoms with Gasteiger partial charge in [0.15, 0.2) is 18.2 Å². The molecule has 0 aromatic heterocycles. The van der Waals surface area contributed by atoms with Gasteiger partial charge in [0.05, 0.1) is 25.7 Å². The molecule has 1 heterocycles. The molecule has 2 unspecified atom stereocenters. The van der Waals surface area contributed by atoms with Crippen molar-refractivity contribution in [1.82, 2.24) is 0 Å². The van der Waals surface area contributed by atoms with Crippen LogP contribution in [0.5, 0.6) is 11.5 Å². The van der Waals surface area contributed by atoms with Crippen LogP contribution in [0, 0.1) is 0 Å². The first-order valence-corrected chi connectivity index (χ1v) is 19.9. The number of benzene rings is 5. The molecule has 5 aromatic carbocycles. The molecule has 0 bridgehead atoms. The monoisotopic (exact) mass is 860 g/mol. The number of nitrogens with zero attached hydrogens (tertiary/aromatic N) is 2. The van der Waals surface area contributed by atoms with Gasteiger partial charge in [0, 0.05) is 59.3 Å². The number of cyclic esters (lactones) is 1. The van der Waals surface area contributed by atoms with Crippen molar-refractivity contribution in [3.8, 4) is 11.5 Å². The highest BCUT2D eigenvalue weighted by Gasteiger charge is 2.48. The summed E-state index contributed by atoms with van der Waals surface area (Å²) in [7, 11) is 11.1. The maximum absolute atomic E-state index is 14.2. The first kappa shape index (κ1) is 42.9. The highest BCUT2D eigenvalue weighted by molar-refractivity contribution is 6.53. The van der Waals surface area contributed by atoms with Gasteiger partial charge in [-0.2, -0.15) is 0 Å². The fourth-order valence-corrected chi connectivity index (χ4v) is 7.65. The van der Waals surface area contributed by atoms with Crippen molar-refractivity contribution in [2.75, 3.05) is 52.2 Å². The number of rotatable bonds is 14. The molecular weight excluding hydrogens is 818 g/mol. The Morgan fingerprint density at radius 3 is 1.26 bits per heavy atom. The average molecular weight is 863 g/mol. The Hall–Kier alpha value is -4.67. The van der Waals surface area contributed by atoms with Crippen LogP contribution in [0.15, 0.2) is 109 Å². The maximum atomic E-state index is 14.2. The highest BCUT2D eigenvalue weighted by atomic mass is 35.5. The molecule has 6 rings (SSSR count). The molecule has 302 valence electrons. The number of esters is 1. The lowest BCUT2D eigenvalue weighted by Gasteiger charge is -2.27. The summed E-state index contributed by atoms with van der Waals surface area (Å²) in [6, 6.07) is 31.3. The lowest BCUT2D eigenvalue weighted by molar-refractivity contribution is -0.0385. The third-order valence-corrected chi connectivity index (χ3v) is 11.6. The van der Waals surface area contributed by atoms with E-state index in [0.29, 0.717) is 22.6 Å². The van der Waals surface area contributed by atoms with Gasteiger partial charge in [-0.25, -0.2) is 4.79 Å². The van der Waals surface area contributed by atoms with Crippen LogP contribution in [0.4, 0.5) is 11.4 Å². The number of carbonyl (C=O) groups excluding carboxylic acids is 1. The highest BCUT2D eigenvalue weighted by Crippen LogP contribution is 2.53. The Kier molecular flexibility index (Phi) is 13.4. The van der Waals surface area contributed by atoms with Gasteiger partial charge in [0.25, 0.3) is 0 Å². The van der Waals surface area contributed by atoms with E-state index in [9.17, 15) is 4.79 Å². The van der Waals surface area contributed by atoms with Crippen LogP contribution in [-0.2, 0) is 19.8 Å². The standard InChI is InChI=1S/C46H44Cl4N2O6/c1-27(54-7)56-35-21-13-31(14-22-35)37(29-9-17-33(18-10-29)51(3)4)25-46(40-39(45(53)58-46)41(47)43(49)44(50)42(40)48)26-38(30-11-19-34(20-12-30)52(5)6)32-15-23-36(24-16-32)57-28(2)55-8/h9-28H,1-8H3. The topological polar surface area (TPSA) is 69.7 Å². The zero-order chi connectivity index (χ0) is 41.9. The maximum Gasteiger partial charge on any atom is 0.341 e. The van der Waals surface area contributed by atoms with Crippen molar-refractivity contribution in [3.05, 3.63) is 163 Å². The second kappa shape index (κ2) is 18.1. The number of halogens is 4. The van der Waals surface area contributed by atoms with Crippen LogP contribution >= 0.6 is 46.4 Å². The van der Waals surface area contributed by atoms with E-state index in [0.717, 1.165) is 33.6 Å². The Labute approximate surface area is 360 Å². The first-order chi connectivity index (χ1) is 27.7. The number of carbonyl (C=O) groups is 1. The van der Waals surface area contributed by atoms with Gasteiger partial charge in [-0.15, -0.1) is 0 Å². The molecule has 0 fully saturated rings. The molecule has 2 atom stereocenters. The summed E-state index contributed by atoms with van der Waals surface area (Å²) in [6.07, 6.45) is 2.85. The predicted octanol–water partition coefficient (Wildman–Crippen LogP) is 11.8. The fraction of sp³-hybridized carbons (Fsp3) is 0.239. The van der Waals surface area contributed by atoms with Gasteiger partial charge in [-0.05, 0) is 108 Å². The van der Waals surface area contributed by atoms with Gasteiger partial charge >= 0.3 is 5.97 Å². The smallest absolute Gasteiger partial charge is 0.341 e. The van der Waals surface area contributed by atoms with Crippen molar-refractivity contribution in [2.24, 2.45) is 0 Å². The lowest BCUT2D eigenvalue weighted by Crippen LogP contribution is -2.23. The van der Waals surface area contributed by atoms with Crippen LogP contribution < -0.4 is 19.3 Å². The molecule has 8 nitrogen and oxygen atoms in total. The van der Waals surface area contributed by atoms with Crippen LogP contribution in [0.1, 0.15) is 52.0 Å². The van der Waals surface area contributed by atoms with Gasteiger partial charge in [-0.3, -0.25) is 0 Å². The summed E-state index contributed by atoms with van der Waals surface area (Å²) in [5.74, 6) is 0.506. The molecule has 5 aromatic rings. The normalized spacial score (nSPS) is 16.4. The fourth-order valence-electron chi connectivity index (χ4n) is 6.57. The summed E-state index contributed by atoms with van der Waals surface area (Å²) in [5, 5.41) is -0.0823. The molecule has 12 heteroatoms. The molecule has 0 saturated heterocycles. The van der Waals surface area contributed by atoms with Crippen molar-refractivity contribution < 1.29 is 28.5 Å². The third-order valence-electron chi connectivity index (χ3n) is 9.83. The molecule has 1 aliphatic rings. The molecule has 0 amide bonds. The zero-order valence-electron chi connectivity index (χ0n) is 33.4. The van der Waals surface area contributed by atoms with Crippen LogP contribution in [0.25, 0.3) is 11.1 Å². The van der Waals surface area contributed by atoms with E-state index < -0.39 is 24.2 Å². The van der Waals surface area contributed by atoms with Crippen LogP contribution in [0.3, 0.4) is 0 Å². The van der Waals surface area contributed by atoms with Crippen molar-refractivity contribution in [1.29, 1.82) is 0 Å². The molecule has 1 aliphatic heterocycles. The summed E-state index contributed by atoms with van der Waals surface area (Å²) in [5.41, 5.74) is 5.26. The van der Waals surface area contributed by atoms with Crippen LogP contribution in [0.2, 0.25) is 20.1 Å². The molecule has 0 saturated carbocycles. The largest absolute Gasteiger partial charge is 0.465 e. The van der Waals surface area contributed by atoms with Crippen LogP contribution in [-0.4, -0.2) is 61.0 Å². The van der Waals surface area contributed by atoms with E-state index in [2.05, 4.69) is 0 Å². The SMILES string of the molecule is COC(C)Oc1ccc(C(=CC2(C=C(c3ccc(OC(C)OC)cc3)c3ccc(N(C)C)cc3)OC(=O)c3c(Cl)c(Cl)c(Cl)c(Cl)c32)c2ccc(N(C)C)cc2)cc1. The summed E-state index contributed by atoms with van der Waals surface area (Å²) in [6.45, 7) is 3.62. The lowest BCUT2D eigenvalue weighted by atomic mass is 9.83. The number of hydrogen-bond acceptors (Lipinski definition) is 8. The molecule has 0 aliphatic carbocycles. The Balaban J connectivity index is 1.69. The molecule has 0 N–H and O–H groups in total. The summed E-state index contributed by atoms with van der Waals surface area (Å²) >= 11 is 27.4. The minimum atomic E-state index is -1.69. The number of fused-ring (bicyclic) bond motifs is 1. The van der Waals surface area contributed by atoms with E-state index in [1.807, 2.05) is 161 Å². The average Bonchev–Trinajstić information content (AvgIpc) is 3.52. The minimum Gasteiger partial charge on any atom is -0.465 e. The second-order valence-corrected chi connectivity index (χ2v) is 15.6. The van der Waals surface area contributed by atoms with E-state index in [4.69, 9.17) is 70.1 Å². The Morgan fingerprint density at radius 2 is 0.914 bits per heavy atom. The van der Waals surface area contributed by atoms with Gasteiger partial charge < -0.3 is 33.5 Å². The van der Waals surface area contributed by atoms with Gasteiger partial charge in [-0.1, -0.05) is 94.9 Å². The molecule has 0 spiro atoms. The third kappa shape index (κ3) is 8.98. The summed E-state index contributed by atoms with van der Waals surface area (Å²) < 4.78 is 29.0. The summed E-state index contributed by atoms with van der Waals surface area (Å²) in [4.78, 5) is 18.3. The van der Waals surface area contributed by atoms with E-state index in [1.54, 1.807) is 14.2 Å². The van der Waals surface area contributed by atoms with Crippen molar-refractivity contribution >= 4 is 74.9 Å². The van der Waals surface area contributed by atoms with Crippen molar-refractivity contribution in [3.63, 3.8) is 0 Å². The second-order valence-electron chi connectivity index (χ2n) is 14.1. The minimum absolute atomic E-state index is 0.00661. The van der Waals surface area contributed by atoms with Gasteiger partial charge in [0.2, 0.25) is 0 Å². The molecular formula is C46H44Cl4N2O6. The zero-order valence-corrected chi connectivity index (χ0v) is 36.4. The number of ether oxygens (including phenoxy) is 5. The van der Waals surface area contributed by atoms with Gasteiger partial charge in [0.1, 0.15) is 11.5 Å². The van der Waals surface area contributed by atoms with E-state index in [1.165, 1.54) is 0 Å². The van der Waals surface area contributed by atoms with E-state index >= 15 is 0 Å². The first-order valence-electron chi connectivity index (χ1n) is 18.4. The van der Waals surface area contributed by atoms with E-state index in [-0.39, 0.29) is 31.2 Å². The molecule has 58 heavy (non-hydrogen) atoms. The quantitative estimate of drug-likeness (QED) is 0.0473. The van der Waals surface area contributed by atoms with Crippen molar-refractivity contribution in [2.45, 2.75) is 32.0 Å². The number of hydrogen-bond donors (Lipinski definition) is 0. The Bertz CT molecular complexity index is 2200. The number of methoxy groups -OCH3 is 2.